The highest BCUT2D eigenvalue weighted by molar-refractivity contribution is 6.08. The fraction of sp³-hybridized carbons (Fsp3) is 0.487. The van der Waals surface area contributed by atoms with E-state index in [1.165, 1.54) is 26.0 Å². The maximum absolute atomic E-state index is 12.6. The molecular formula is C39H48O8. The van der Waals surface area contributed by atoms with Crippen LogP contribution in [0.15, 0.2) is 24.3 Å². The second-order valence-corrected chi connectivity index (χ2v) is 13.6. The fourth-order valence-corrected chi connectivity index (χ4v) is 6.61. The highest BCUT2D eigenvalue weighted by Crippen LogP contribution is 2.46. The Bertz CT molecular complexity index is 1570. The monoisotopic (exact) mass is 644 g/mol. The number of hydrogen-bond donors (Lipinski definition) is 0. The highest BCUT2D eigenvalue weighted by atomic mass is 16.5. The second kappa shape index (κ2) is 13.9. The number of fused-ring (bicyclic) bond motifs is 2. The third-order valence-electron chi connectivity index (χ3n) is 9.67. The molecule has 2 atom stereocenters. The van der Waals surface area contributed by atoms with Crippen LogP contribution < -0.4 is 18.9 Å². The van der Waals surface area contributed by atoms with Crippen LogP contribution in [0.25, 0.3) is 0 Å². The molecule has 0 spiro atoms. The lowest BCUT2D eigenvalue weighted by molar-refractivity contribution is -0.132. The van der Waals surface area contributed by atoms with Crippen molar-refractivity contribution in [1.29, 1.82) is 0 Å². The molecule has 0 saturated carbocycles. The Morgan fingerprint density at radius 1 is 0.617 bits per heavy atom. The molecule has 0 N–H and O–H groups in total. The van der Waals surface area contributed by atoms with Gasteiger partial charge < -0.3 is 18.9 Å². The summed E-state index contributed by atoms with van der Waals surface area (Å²) in [6.07, 6.45) is 10.4. The predicted molar refractivity (Wildman–Crippen MR) is 181 cm³/mol. The molecule has 2 heterocycles. The second-order valence-electron chi connectivity index (χ2n) is 13.6. The Labute approximate surface area is 278 Å². The first-order valence-corrected chi connectivity index (χ1v) is 16.3. The van der Waals surface area contributed by atoms with Crippen LogP contribution in [0, 0.1) is 41.5 Å². The van der Waals surface area contributed by atoms with E-state index in [2.05, 4.69) is 0 Å². The Hall–Kier alpha value is -4.20. The summed E-state index contributed by atoms with van der Waals surface area (Å²) >= 11 is 0. The van der Waals surface area contributed by atoms with E-state index in [4.69, 9.17) is 18.9 Å². The lowest BCUT2D eigenvalue weighted by atomic mass is 9.85. The molecule has 47 heavy (non-hydrogen) atoms. The van der Waals surface area contributed by atoms with Crippen molar-refractivity contribution >= 4 is 23.5 Å². The summed E-state index contributed by atoms with van der Waals surface area (Å²) in [7, 11) is 0. The Morgan fingerprint density at radius 3 is 1.32 bits per heavy atom. The first kappa shape index (κ1) is 35.7. The summed E-state index contributed by atoms with van der Waals surface area (Å²) in [6, 6.07) is 0. The van der Waals surface area contributed by atoms with Crippen molar-refractivity contribution in [2.75, 3.05) is 0 Å². The van der Waals surface area contributed by atoms with Crippen molar-refractivity contribution < 1.29 is 38.1 Å². The highest BCUT2D eigenvalue weighted by Gasteiger charge is 2.35. The summed E-state index contributed by atoms with van der Waals surface area (Å²) < 4.78 is 24.0. The van der Waals surface area contributed by atoms with Crippen molar-refractivity contribution in [2.45, 2.75) is 125 Å². The summed E-state index contributed by atoms with van der Waals surface area (Å²) in [5, 5.41) is 0. The van der Waals surface area contributed by atoms with Gasteiger partial charge in [-0.1, -0.05) is 12.2 Å². The molecule has 2 aromatic carbocycles. The van der Waals surface area contributed by atoms with Crippen LogP contribution in [-0.2, 0) is 32.0 Å². The topological polar surface area (TPSA) is 105 Å². The molecule has 0 aromatic heterocycles. The van der Waals surface area contributed by atoms with E-state index >= 15 is 0 Å². The van der Waals surface area contributed by atoms with E-state index in [1.807, 2.05) is 55.4 Å². The third-order valence-corrected chi connectivity index (χ3v) is 9.67. The van der Waals surface area contributed by atoms with Crippen LogP contribution in [0.1, 0.15) is 104 Å². The fourth-order valence-electron chi connectivity index (χ4n) is 6.61. The van der Waals surface area contributed by atoms with Gasteiger partial charge in [0.1, 0.15) is 34.2 Å². The van der Waals surface area contributed by atoms with Gasteiger partial charge in [-0.15, -0.1) is 0 Å². The number of ketones is 2. The molecule has 0 aliphatic carbocycles. The number of rotatable bonds is 10. The number of carbonyl (C=O) groups is 4. The largest absolute Gasteiger partial charge is 0.487 e. The van der Waals surface area contributed by atoms with Crippen molar-refractivity contribution in [3.63, 3.8) is 0 Å². The molecule has 8 heteroatoms. The van der Waals surface area contributed by atoms with Gasteiger partial charge in [0.05, 0.1) is 6.42 Å². The van der Waals surface area contributed by atoms with Crippen molar-refractivity contribution in [3.05, 3.63) is 68.8 Å². The molecule has 252 valence electrons. The summed E-state index contributed by atoms with van der Waals surface area (Å²) in [6.45, 7) is 18.5. The minimum Gasteiger partial charge on any atom is -0.487 e. The number of esters is 2. The van der Waals surface area contributed by atoms with Gasteiger partial charge >= 0.3 is 11.9 Å². The van der Waals surface area contributed by atoms with E-state index in [-0.39, 0.29) is 29.9 Å². The van der Waals surface area contributed by atoms with E-state index < -0.39 is 11.2 Å². The molecule has 8 nitrogen and oxygen atoms in total. The lowest BCUT2D eigenvalue weighted by Gasteiger charge is -2.37. The molecule has 4 rings (SSSR count). The molecule has 0 saturated heterocycles. The maximum Gasteiger partial charge on any atom is 0.308 e. The SMILES string of the molecule is CC(=O)Oc1c(C)c(C)c2c(c1C)CCC(C)(C/C=C/C(=O)CC(=O)/C=C/CC1(C)CCc3c(C)c(OC(C)=O)c(C)c(C)c3O1)O2. The molecule has 2 unspecified atom stereocenters. The van der Waals surface area contributed by atoms with Crippen LogP contribution in [0.4, 0.5) is 0 Å². The van der Waals surface area contributed by atoms with Crippen molar-refractivity contribution in [3.8, 4) is 23.0 Å². The average Bonchev–Trinajstić information content (AvgIpc) is 2.98. The number of carbonyl (C=O) groups excluding carboxylic acids is 4. The summed E-state index contributed by atoms with van der Waals surface area (Å²) in [4.78, 5) is 48.6. The third kappa shape index (κ3) is 7.86. The number of benzene rings is 2. The van der Waals surface area contributed by atoms with Gasteiger partial charge in [-0.3, -0.25) is 19.2 Å². The van der Waals surface area contributed by atoms with Crippen LogP contribution in [-0.4, -0.2) is 34.7 Å². The number of ether oxygens (including phenoxy) is 4. The quantitative estimate of drug-likeness (QED) is 0.112. The van der Waals surface area contributed by atoms with Crippen LogP contribution in [0.3, 0.4) is 0 Å². The minimum absolute atomic E-state index is 0.208. The standard InChI is InChI=1S/C39H48O8/c1-22-24(3)36-32(26(5)34(22)44-28(7)40)15-19-38(9,46-36)17-11-13-30(42)21-31(43)14-12-18-39(10)20-16-33-27(6)35(45-29(8)41)23(2)25(4)37(33)47-39/h11-14H,15-21H2,1-10H3/b13-11+,14-12+. The van der Waals surface area contributed by atoms with Gasteiger partial charge in [0, 0.05) is 37.8 Å². The zero-order valence-corrected chi connectivity index (χ0v) is 29.5. The van der Waals surface area contributed by atoms with Gasteiger partial charge in [-0.2, -0.15) is 0 Å². The van der Waals surface area contributed by atoms with E-state index in [1.54, 1.807) is 12.2 Å². The molecule has 0 fully saturated rings. The molecular weight excluding hydrogens is 596 g/mol. The molecule has 2 aliphatic rings. The molecule has 0 amide bonds. The van der Waals surface area contributed by atoms with Gasteiger partial charge in [-0.25, -0.2) is 0 Å². The minimum atomic E-state index is -0.508. The Balaban J connectivity index is 1.33. The van der Waals surface area contributed by atoms with Crippen LogP contribution in [0.2, 0.25) is 0 Å². The van der Waals surface area contributed by atoms with E-state index in [9.17, 15) is 19.2 Å². The first-order chi connectivity index (χ1) is 21.9. The number of hydrogen-bond acceptors (Lipinski definition) is 8. The zero-order chi connectivity index (χ0) is 34.8. The maximum atomic E-state index is 12.6. The van der Waals surface area contributed by atoms with E-state index in [0.29, 0.717) is 24.3 Å². The zero-order valence-electron chi connectivity index (χ0n) is 29.5. The molecule has 0 radical (unpaired) electrons. The number of allylic oxidation sites excluding steroid dienone is 2. The smallest absolute Gasteiger partial charge is 0.308 e. The molecule has 2 aromatic rings. The van der Waals surface area contributed by atoms with Crippen LogP contribution >= 0.6 is 0 Å². The first-order valence-electron chi connectivity index (χ1n) is 16.3. The van der Waals surface area contributed by atoms with Gasteiger partial charge in [-0.05, 0) is 127 Å². The van der Waals surface area contributed by atoms with Crippen LogP contribution in [0.5, 0.6) is 23.0 Å². The van der Waals surface area contributed by atoms with Crippen molar-refractivity contribution in [2.24, 2.45) is 0 Å². The molecule has 0 bridgehead atoms. The summed E-state index contributed by atoms with van der Waals surface area (Å²) in [5.74, 6) is 1.63. The van der Waals surface area contributed by atoms with Gasteiger partial charge in [0.25, 0.3) is 0 Å². The van der Waals surface area contributed by atoms with Gasteiger partial charge in [0.15, 0.2) is 11.6 Å². The normalized spacial score (nSPS) is 20.3. The average molecular weight is 645 g/mol. The predicted octanol–water partition coefficient (Wildman–Crippen LogP) is 7.68. The lowest BCUT2D eigenvalue weighted by Crippen LogP contribution is -2.36. The Morgan fingerprint density at radius 2 is 0.979 bits per heavy atom. The van der Waals surface area contributed by atoms with E-state index in [0.717, 1.165) is 81.7 Å². The van der Waals surface area contributed by atoms with Crippen molar-refractivity contribution in [1.82, 2.24) is 0 Å². The molecule has 2 aliphatic heterocycles. The Kier molecular flexibility index (Phi) is 10.5. The summed E-state index contributed by atoms with van der Waals surface area (Å²) in [5.41, 5.74) is 6.55. The van der Waals surface area contributed by atoms with Gasteiger partial charge in [0.2, 0.25) is 0 Å².